The highest BCUT2D eigenvalue weighted by atomic mass is 35.5. The number of likely N-dealkylation sites (N-methyl/N-ethyl adjacent to an activating group) is 1. The number of amides is 1. The van der Waals surface area contributed by atoms with Gasteiger partial charge >= 0.3 is 0 Å². The van der Waals surface area contributed by atoms with E-state index in [9.17, 15) is 4.79 Å². The lowest BCUT2D eigenvalue weighted by Gasteiger charge is -2.32. The molecule has 1 aromatic rings. The van der Waals surface area contributed by atoms with Crippen LogP contribution < -0.4 is 5.73 Å². The Balaban J connectivity index is 2.86. The van der Waals surface area contributed by atoms with Crippen LogP contribution in [0.2, 0.25) is 5.02 Å². The first-order valence-corrected chi connectivity index (χ1v) is 6.39. The van der Waals surface area contributed by atoms with Gasteiger partial charge in [-0.2, -0.15) is 0 Å². The van der Waals surface area contributed by atoms with E-state index in [2.05, 4.69) is 32.7 Å². The van der Waals surface area contributed by atoms with E-state index in [4.69, 9.17) is 17.3 Å². The van der Waals surface area contributed by atoms with E-state index in [1.807, 2.05) is 12.1 Å². The van der Waals surface area contributed by atoms with Crippen LogP contribution >= 0.6 is 11.6 Å². The molecule has 0 aromatic heterocycles. The third kappa shape index (κ3) is 3.72. The molecule has 0 aliphatic heterocycles. The number of carbonyl (C=O) groups excluding carboxylic acids is 1. The van der Waals surface area contributed by atoms with Crippen LogP contribution in [0.15, 0.2) is 18.2 Å². The van der Waals surface area contributed by atoms with Crippen molar-refractivity contribution < 1.29 is 4.79 Å². The average molecular weight is 269 g/mol. The molecule has 100 valence electrons. The molecule has 4 heteroatoms. The van der Waals surface area contributed by atoms with Crippen molar-refractivity contribution >= 4 is 17.5 Å². The molecule has 0 saturated carbocycles. The van der Waals surface area contributed by atoms with Gasteiger partial charge in [0.2, 0.25) is 5.91 Å². The molecule has 0 heterocycles. The molecule has 0 atom stereocenters. The molecule has 1 amide bonds. The van der Waals surface area contributed by atoms with Gasteiger partial charge in [0.1, 0.15) is 0 Å². The normalized spacial score (nSPS) is 11.9. The fourth-order valence-electron chi connectivity index (χ4n) is 1.68. The van der Waals surface area contributed by atoms with Gasteiger partial charge in [0.05, 0.1) is 10.6 Å². The monoisotopic (exact) mass is 268 g/mol. The molecule has 0 aliphatic carbocycles. The van der Waals surface area contributed by atoms with E-state index in [-0.39, 0.29) is 5.54 Å². The minimum absolute atomic E-state index is 0.103. The van der Waals surface area contributed by atoms with Crippen LogP contribution in [0.5, 0.6) is 0 Å². The highest BCUT2D eigenvalue weighted by Gasteiger charge is 2.18. The number of carbonyl (C=O) groups is 1. The quantitative estimate of drug-likeness (QED) is 0.913. The third-order valence-electron chi connectivity index (χ3n) is 3.21. The maximum absolute atomic E-state index is 11.4. The molecular weight excluding hydrogens is 248 g/mol. The first kappa shape index (κ1) is 15.0. The average Bonchev–Trinajstić information content (AvgIpc) is 2.23. The zero-order valence-electron chi connectivity index (χ0n) is 11.5. The molecule has 0 bridgehead atoms. The number of halogens is 1. The molecule has 1 aromatic carbocycles. The molecule has 0 radical (unpaired) electrons. The van der Waals surface area contributed by atoms with Crippen molar-refractivity contribution in [3.63, 3.8) is 0 Å². The maximum Gasteiger partial charge on any atom is 0.250 e. The molecule has 18 heavy (non-hydrogen) atoms. The summed E-state index contributed by atoms with van der Waals surface area (Å²) in [5, 5.41) is 0.429. The Morgan fingerprint density at radius 1 is 1.39 bits per heavy atom. The maximum atomic E-state index is 11.4. The SMILES string of the molecule is CN(CCc1cccc(Cl)c1C(N)=O)C(C)(C)C. The van der Waals surface area contributed by atoms with E-state index in [1.165, 1.54) is 0 Å². The molecular formula is C14H21ClN2O. The zero-order chi connectivity index (χ0) is 13.9. The molecule has 0 unspecified atom stereocenters. The van der Waals surface area contributed by atoms with Crippen LogP contribution in [0.3, 0.4) is 0 Å². The molecule has 3 nitrogen and oxygen atoms in total. The van der Waals surface area contributed by atoms with Crippen molar-refractivity contribution in [3.05, 3.63) is 34.3 Å². The van der Waals surface area contributed by atoms with E-state index in [0.29, 0.717) is 10.6 Å². The highest BCUT2D eigenvalue weighted by Crippen LogP contribution is 2.21. The number of primary amides is 1. The Hall–Kier alpha value is -1.06. The second-order valence-corrected chi connectivity index (χ2v) is 5.89. The van der Waals surface area contributed by atoms with Gasteiger partial charge in [0, 0.05) is 12.1 Å². The van der Waals surface area contributed by atoms with Gasteiger partial charge in [-0.1, -0.05) is 23.7 Å². The van der Waals surface area contributed by atoms with Gasteiger partial charge in [0.25, 0.3) is 0 Å². The number of hydrogen-bond acceptors (Lipinski definition) is 2. The minimum atomic E-state index is -0.464. The predicted molar refractivity (Wildman–Crippen MR) is 76.1 cm³/mol. The van der Waals surface area contributed by atoms with Gasteiger partial charge in [-0.3, -0.25) is 4.79 Å². The highest BCUT2D eigenvalue weighted by molar-refractivity contribution is 6.34. The molecule has 0 saturated heterocycles. The van der Waals surface area contributed by atoms with Crippen molar-refractivity contribution in [2.45, 2.75) is 32.7 Å². The molecule has 2 N–H and O–H groups in total. The number of benzene rings is 1. The smallest absolute Gasteiger partial charge is 0.250 e. The first-order chi connectivity index (χ1) is 8.23. The summed E-state index contributed by atoms with van der Waals surface area (Å²) >= 11 is 6.02. The van der Waals surface area contributed by atoms with Crippen molar-refractivity contribution in [1.29, 1.82) is 0 Å². The van der Waals surface area contributed by atoms with Crippen LogP contribution in [0, 0.1) is 0 Å². The lowest BCUT2D eigenvalue weighted by atomic mass is 10.0. The van der Waals surface area contributed by atoms with E-state index < -0.39 is 5.91 Å². The summed E-state index contributed by atoms with van der Waals surface area (Å²) in [6, 6.07) is 5.45. The van der Waals surface area contributed by atoms with Crippen LogP contribution in [-0.4, -0.2) is 29.9 Å². The third-order valence-corrected chi connectivity index (χ3v) is 3.52. The number of nitrogens with two attached hydrogens (primary N) is 1. The fourth-order valence-corrected chi connectivity index (χ4v) is 1.96. The second-order valence-electron chi connectivity index (χ2n) is 5.48. The van der Waals surface area contributed by atoms with Crippen molar-refractivity contribution in [2.24, 2.45) is 5.73 Å². The van der Waals surface area contributed by atoms with Crippen molar-refractivity contribution in [2.75, 3.05) is 13.6 Å². The topological polar surface area (TPSA) is 46.3 Å². The van der Waals surface area contributed by atoms with Crippen molar-refractivity contribution in [1.82, 2.24) is 4.90 Å². The number of nitrogens with zero attached hydrogens (tertiary/aromatic N) is 1. The van der Waals surface area contributed by atoms with Crippen LogP contribution in [-0.2, 0) is 6.42 Å². The zero-order valence-corrected chi connectivity index (χ0v) is 12.2. The lowest BCUT2D eigenvalue weighted by Crippen LogP contribution is -2.39. The molecule has 1 rings (SSSR count). The Morgan fingerprint density at radius 3 is 2.50 bits per heavy atom. The Morgan fingerprint density at radius 2 is 2.00 bits per heavy atom. The summed E-state index contributed by atoms with van der Waals surface area (Å²) < 4.78 is 0. The van der Waals surface area contributed by atoms with Crippen molar-refractivity contribution in [3.8, 4) is 0 Å². The minimum Gasteiger partial charge on any atom is -0.366 e. The Labute approximate surface area is 114 Å². The Bertz CT molecular complexity index is 438. The predicted octanol–water partition coefficient (Wildman–Crippen LogP) is 2.71. The van der Waals surface area contributed by atoms with Gasteiger partial charge in [-0.15, -0.1) is 0 Å². The summed E-state index contributed by atoms with van der Waals surface area (Å²) in [5.41, 5.74) is 6.83. The van der Waals surface area contributed by atoms with Gasteiger partial charge in [-0.25, -0.2) is 0 Å². The van der Waals surface area contributed by atoms with E-state index in [0.717, 1.165) is 18.5 Å². The Kier molecular flexibility index (Phi) is 4.77. The van der Waals surface area contributed by atoms with E-state index in [1.54, 1.807) is 6.07 Å². The summed E-state index contributed by atoms with van der Waals surface area (Å²) in [4.78, 5) is 13.6. The number of hydrogen-bond donors (Lipinski definition) is 1. The fraction of sp³-hybridized carbons (Fsp3) is 0.500. The molecule has 0 fully saturated rings. The van der Waals surface area contributed by atoms with Gasteiger partial charge < -0.3 is 10.6 Å². The summed E-state index contributed by atoms with van der Waals surface area (Å²) in [5.74, 6) is -0.464. The second kappa shape index (κ2) is 5.72. The summed E-state index contributed by atoms with van der Waals surface area (Å²) in [6.07, 6.45) is 0.757. The summed E-state index contributed by atoms with van der Waals surface area (Å²) in [6.45, 7) is 7.31. The standard InChI is InChI=1S/C14H21ClN2O/c1-14(2,3)17(4)9-8-10-6-5-7-11(15)12(10)13(16)18/h5-7H,8-9H2,1-4H3,(H2,16,18). The summed E-state index contributed by atoms with van der Waals surface area (Å²) in [7, 11) is 2.06. The molecule has 0 spiro atoms. The molecule has 0 aliphatic rings. The first-order valence-electron chi connectivity index (χ1n) is 6.02. The lowest BCUT2D eigenvalue weighted by molar-refractivity contribution is 0.0999. The van der Waals surface area contributed by atoms with Crippen LogP contribution in [0.1, 0.15) is 36.7 Å². The van der Waals surface area contributed by atoms with Gasteiger partial charge in [0.15, 0.2) is 0 Å². The van der Waals surface area contributed by atoms with Gasteiger partial charge in [-0.05, 0) is 45.9 Å². The van der Waals surface area contributed by atoms with Crippen LogP contribution in [0.4, 0.5) is 0 Å². The largest absolute Gasteiger partial charge is 0.366 e. The van der Waals surface area contributed by atoms with Crippen LogP contribution in [0.25, 0.3) is 0 Å². The number of rotatable bonds is 4. The van der Waals surface area contributed by atoms with E-state index >= 15 is 0 Å².